The number of hydrogen-bond acceptors (Lipinski definition) is 3. The van der Waals surface area contributed by atoms with Crippen molar-refractivity contribution in [3.8, 4) is 0 Å². The van der Waals surface area contributed by atoms with E-state index < -0.39 is 5.41 Å². The summed E-state index contributed by atoms with van der Waals surface area (Å²) in [6.45, 7) is 0.201. The molecule has 20 heavy (non-hydrogen) atoms. The Kier molecular flexibility index (Phi) is 3.10. The van der Waals surface area contributed by atoms with Gasteiger partial charge in [-0.05, 0) is 30.5 Å². The molecular weight excluding hydrogens is 280 g/mol. The van der Waals surface area contributed by atoms with E-state index in [9.17, 15) is 9.59 Å². The standard InChI is InChI=1S/C13H13ClN4O2/c14-9-3-1-8(2-4-9)13(5-6-13)11(19)15-7-10-16-12(20)18-17-10/h1-4H,5-7H2,(H,15,19)(H2,16,17,18,20). The molecule has 1 aromatic heterocycles. The number of carbonyl (C=O) groups excluding carboxylic acids is 1. The Bertz CT molecular complexity index is 685. The molecule has 104 valence electrons. The van der Waals surface area contributed by atoms with Crippen molar-refractivity contribution >= 4 is 17.5 Å². The van der Waals surface area contributed by atoms with E-state index in [1.54, 1.807) is 12.1 Å². The van der Waals surface area contributed by atoms with Crippen LogP contribution in [0.1, 0.15) is 24.2 Å². The lowest BCUT2D eigenvalue weighted by atomic mass is 9.95. The number of aromatic amines is 2. The molecule has 0 bridgehead atoms. The summed E-state index contributed by atoms with van der Waals surface area (Å²) in [7, 11) is 0. The van der Waals surface area contributed by atoms with Crippen LogP contribution in [0.5, 0.6) is 0 Å². The van der Waals surface area contributed by atoms with Gasteiger partial charge in [0.15, 0.2) is 0 Å². The van der Waals surface area contributed by atoms with Gasteiger partial charge in [-0.1, -0.05) is 23.7 Å². The molecular formula is C13H13ClN4O2. The van der Waals surface area contributed by atoms with Gasteiger partial charge in [-0.2, -0.15) is 5.10 Å². The average molecular weight is 293 g/mol. The quantitative estimate of drug-likeness (QED) is 0.788. The smallest absolute Gasteiger partial charge is 0.340 e. The molecule has 0 aliphatic heterocycles. The van der Waals surface area contributed by atoms with E-state index in [4.69, 9.17) is 11.6 Å². The average Bonchev–Trinajstić information content (AvgIpc) is 3.15. The number of nitrogens with zero attached hydrogens (tertiary/aromatic N) is 1. The Morgan fingerprint density at radius 2 is 2.05 bits per heavy atom. The van der Waals surface area contributed by atoms with E-state index in [1.807, 2.05) is 12.1 Å². The first-order valence-electron chi connectivity index (χ1n) is 6.28. The van der Waals surface area contributed by atoms with Gasteiger partial charge in [0.05, 0.1) is 12.0 Å². The normalized spacial score (nSPS) is 15.8. The second-order valence-electron chi connectivity index (χ2n) is 4.90. The van der Waals surface area contributed by atoms with Gasteiger partial charge in [-0.3, -0.25) is 9.78 Å². The molecule has 0 atom stereocenters. The van der Waals surface area contributed by atoms with Crippen LogP contribution in [0, 0.1) is 0 Å². The number of hydrogen-bond donors (Lipinski definition) is 3. The lowest BCUT2D eigenvalue weighted by molar-refractivity contribution is -0.123. The van der Waals surface area contributed by atoms with Gasteiger partial charge in [0.25, 0.3) is 0 Å². The lowest BCUT2D eigenvalue weighted by Gasteiger charge is -2.15. The van der Waals surface area contributed by atoms with Crippen LogP contribution in [0.3, 0.4) is 0 Å². The maximum atomic E-state index is 12.3. The highest BCUT2D eigenvalue weighted by Crippen LogP contribution is 2.48. The highest BCUT2D eigenvalue weighted by molar-refractivity contribution is 6.30. The highest BCUT2D eigenvalue weighted by atomic mass is 35.5. The van der Waals surface area contributed by atoms with Crippen molar-refractivity contribution in [2.75, 3.05) is 0 Å². The number of nitrogens with one attached hydrogen (secondary N) is 3. The molecule has 7 heteroatoms. The van der Waals surface area contributed by atoms with Crippen LogP contribution in [0.25, 0.3) is 0 Å². The molecule has 1 saturated carbocycles. The molecule has 0 saturated heterocycles. The van der Waals surface area contributed by atoms with E-state index in [2.05, 4.69) is 20.5 Å². The predicted octanol–water partition coefficient (Wildman–Crippen LogP) is 1.10. The van der Waals surface area contributed by atoms with Gasteiger partial charge in [0.2, 0.25) is 5.91 Å². The second-order valence-corrected chi connectivity index (χ2v) is 5.33. The zero-order valence-electron chi connectivity index (χ0n) is 10.6. The minimum atomic E-state index is -0.457. The van der Waals surface area contributed by atoms with E-state index in [0.29, 0.717) is 10.8 Å². The van der Waals surface area contributed by atoms with Gasteiger partial charge in [0, 0.05) is 5.02 Å². The third-order valence-electron chi connectivity index (χ3n) is 3.55. The molecule has 0 unspecified atom stereocenters. The van der Waals surface area contributed by atoms with Crippen molar-refractivity contribution in [1.82, 2.24) is 20.5 Å². The van der Waals surface area contributed by atoms with Crippen LogP contribution in [-0.4, -0.2) is 21.1 Å². The number of aromatic nitrogens is 3. The fourth-order valence-electron chi connectivity index (χ4n) is 2.26. The maximum absolute atomic E-state index is 12.3. The SMILES string of the molecule is O=C(NCc1n[nH]c(=O)[nH]1)C1(c2ccc(Cl)cc2)CC1. The Labute approximate surface area is 119 Å². The summed E-state index contributed by atoms with van der Waals surface area (Å²) >= 11 is 5.86. The zero-order chi connectivity index (χ0) is 14.2. The van der Waals surface area contributed by atoms with Crippen molar-refractivity contribution in [1.29, 1.82) is 0 Å². The first kappa shape index (κ1) is 12.9. The lowest BCUT2D eigenvalue weighted by Crippen LogP contribution is -2.34. The molecule has 1 amide bonds. The Morgan fingerprint density at radius 1 is 1.35 bits per heavy atom. The molecule has 2 aromatic rings. The van der Waals surface area contributed by atoms with Gasteiger partial charge in [-0.15, -0.1) is 0 Å². The highest BCUT2D eigenvalue weighted by Gasteiger charge is 2.51. The fourth-order valence-corrected chi connectivity index (χ4v) is 2.39. The largest absolute Gasteiger partial charge is 0.348 e. The van der Waals surface area contributed by atoms with E-state index >= 15 is 0 Å². The minimum absolute atomic E-state index is 0.0522. The second kappa shape index (κ2) is 4.79. The Hall–Kier alpha value is -2.08. The molecule has 1 fully saturated rings. The van der Waals surface area contributed by atoms with E-state index in [1.165, 1.54) is 0 Å². The predicted molar refractivity (Wildman–Crippen MR) is 73.4 cm³/mol. The number of amides is 1. The van der Waals surface area contributed by atoms with E-state index in [0.717, 1.165) is 18.4 Å². The summed E-state index contributed by atoms with van der Waals surface area (Å²) in [4.78, 5) is 25.7. The number of H-pyrrole nitrogens is 2. The summed E-state index contributed by atoms with van der Waals surface area (Å²) in [5.74, 6) is 0.360. The first-order valence-corrected chi connectivity index (χ1v) is 6.66. The summed E-state index contributed by atoms with van der Waals surface area (Å²) in [5, 5.41) is 9.46. The molecule has 3 rings (SSSR count). The van der Waals surface area contributed by atoms with Crippen LogP contribution in [0.2, 0.25) is 5.02 Å². The molecule has 0 radical (unpaired) electrons. The summed E-state index contributed by atoms with van der Waals surface area (Å²) in [6.07, 6.45) is 1.63. The molecule has 1 aromatic carbocycles. The Balaban J connectivity index is 1.70. The van der Waals surface area contributed by atoms with Crippen LogP contribution in [0.15, 0.2) is 29.1 Å². The van der Waals surface area contributed by atoms with E-state index in [-0.39, 0.29) is 18.1 Å². The third kappa shape index (κ3) is 2.34. The number of benzene rings is 1. The minimum Gasteiger partial charge on any atom is -0.348 e. The van der Waals surface area contributed by atoms with Crippen molar-refractivity contribution in [2.24, 2.45) is 0 Å². The first-order chi connectivity index (χ1) is 9.60. The van der Waals surface area contributed by atoms with Gasteiger partial charge < -0.3 is 5.32 Å². The maximum Gasteiger partial charge on any atom is 0.340 e. The zero-order valence-corrected chi connectivity index (χ0v) is 11.3. The van der Waals surface area contributed by atoms with Gasteiger partial charge >= 0.3 is 5.69 Å². The summed E-state index contributed by atoms with van der Waals surface area (Å²) < 4.78 is 0. The van der Waals surface area contributed by atoms with Gasteiger partial charge in [0.1, 0.15) is 5.82 Å². The van der Waals surface area contributed by atoms with Gasteiger partial charge in [-0.25, -0.2) is 9.89 Å². The monoisotopic (exact) mass is 292 g/mol. The Morgan fingerprint density at radius 3 is 2.60 bits per heavy atom. The molecule has 1 aliphatic rings. The van der Waals surface area contributed by atoms with Crippen LogP contribution < -0.4 is 11.0 Å². The van der Waals surface area contributed by atoms with Crippen molar-refractivity contribution in [3.63, 3.8) is 0 Å². The molecule has 0 spiro atoms. The number of carbonyl (C=O) groups is 1. The molecule has 6 nitrogen and oxygen atoms in total. The molecule has 1 aliphatic carbocycles. The summed E-state index contributed by atoms with van der Waals surface area (Å²) in [5.41, 5.74) is 0.129. The van der Waals surface area contributed by atoms with Crippen LogP contribution in [0.4, 0.5) is 0 Å². The van der Waals surface area contributed by atoms with Crippen LogP contribution in [-0.2, 0) is 16.8 Å². The number of halogens is 1. The molecule has 3 N–H and O–H groups in total. The number of rotatable bonds is 4. The molecule has 1 heterocycles. The fraction of sp³-hybridized carbons (Fsp3) is 0.308. The third-order valence-corrected chi connectivity index (χ3v) is 3.80. The van der Waals surface area contributed by atoms with Crippen molar-refractivity contribution < 1.29 is 4.79 Å². The van der Waals surface area contributed by atoms with Crippen LogP contribution >= 0.6 is 11.6 Å². The summed E-state index contributed by atoms with van der Waals surface area (Å²) in [6, 6.07) is 7.33. The van der Waals surface area contributed by atoms with Crippen molar-refractivity contribution in [3.05, 3.63) is 51.2 Å². The topological polar surface area (TPSA) is 90.6 Å². The van der Waals surface area contributed by atoms with Crippen molar-refractivity contribution in [2.45, 2.75) is 24.8 Å².